The van der Waals surface area contributed by atoms with E-state index >= 15 is 0 Å². The molecule has 0 spiro atoms. The average Bonchev–Trinajstić information content (AvgIpc) is 2.69. The van der Waals surface area contributed by atoms with Crippen LogP contribution in [0.25, 0.3) is 0 Å². The molecule has 5 heteroatoms. The van der Waals surface area contributed by atoms with Crippen molar-refractivity contribution < 1.29 is 4.79 Å². The normalized spacial score (nSPS) is 23.9. The van der Waals surface area contributed by atoms with Crippen molar-refractivity contribution >= 4 is 11.7 Å². The molecule has 0 aliphatic heterocycles. The minimum Gasteiger partial charge on any atom is -0.382 e. The summed E-state index contributed by atoms with van der Waals surface area (Å²) in [5, 5.41) is 9.68. The third kappa shape index (κ3) is 2.66. The smallest absolute Gasteiger partial charge is 0.257 e. The highest BCUT2D eigenvalue weighted by atomic mass is 16.1. The molecular weight excluding hydrogens is 228 g/mol. The van der Waals surface area contributed by atoms with Gasteiger partial charge in [0.05, 0.1) is 0 Å². The fourth-order valence-electron chi connectivity index (χ4n) is 2.79. The largest absolute Gasteiger partial charge is 0.382 e. The Morgan fingerprint density at radius 1 is 1.56 bits per heavy atom. The number of aromatic amines is 1. The van der Waals surface area contributed by atoms with Crippen LogP contribution in [0.3, 0.4) is 0 Å². The van der Waals surface area contributed by atoms with E-state index in [4.69, 9.17) is 5.73 Å². The molecule has 2 unspecified atom stereocenters. The molecular formula is C13H22N4O. The number of H-pyrrole nitrogens is 1. The van der Waals surface area contributed by atoms with E-state index in [0.717, 1.165) is 24.5 Å². The van der Waals surface area contributed by atoms with Crippen molar-refractivity contribution in [1.29, 1.82) is 0 Å². The standard InChI is InChI=1S/C13H22N4O/c1-3-9-5-4-6-10(7-9)15-13(18)11-8(2)16-17-12(11)14/h9-10H,3-7H2,1-2H3,(H,15,18)(H3,14,16,17). The summed E-state index contributed by atoms with van der Waals surface area (Å²) in [6, 6.07) is 0.282. The lowest BCUT2D eigenvalue weighted by Crippen LogP contribution is -2.38. The number of amides is 1. The van der Waals surface area contributed by atoms with E-state index in [-0.39, 0.29) is 17.8 Å². The van der Waals surface area contributed by atoms with Crippen LogP contribution in [0.15, 0.2) is 0 Å². The zero-order chi connectivity index (χ0) is 13.1. The minimum absolute atomic E-state index is 0.0968. The van der Waals surface area contributed by atoms with Crippen LogP contribution in [-0.4, -0.2) is 22.1 Å². The van der Waals surface area contributed by atoms with Crippen molar-refractivity contribution in [3.8, 4) is 0 Å². The Morgan fingerprint density at radius 2 is 2.33 bits per heavy atom. The molecule has 1 aromatic rings. The van der Waals surface area contributed by atoms with Gasteiger partial charge in [-0.25, -0.2) is 0 Å². The number of nitrogens with zero attached hydrogens (tertiary/aromatic N) is 1. The molecule has 0 saturated heterocycles. The van der Waals surface area contributed by atoms with Gasteiger partial charge < -0.3 is 11.1 Å². The first-order valence-electron chi connectivity index (χ1n) is 6.73. The highest BCUT2D eigenvalue weighted by molar-refractivity contribution is 5.99. The number of nitrogen functional groups attached to an aromatic ring is 1. The van der Waals surface area contributed by atoms with Crippen molar-refractivity contribution in [1.82, 2.24) is 15.5 Å². The highest BCUT2D eigenvalue weighted by Crippen LogP contribution is 2.27. The Labute approximate surface area is 108 Å². The van der Waals surface area contributed by atoms with E-state index in [0.29, 0.717) is 5.56 Å². The fraction of sp³-hybridized carbons (Fsp3) is 0.692. The fourth-order valence-corrected chi connectivity index (χ4v) is 2.79. The van der Waals surface area contributed by atoms with Crippen molar-refractivity contribution in [3.05, 3.63) is 11.3 Å². The van der Waals surface area contributed by atoms with Crippen molar-refractivity contribution in [3.63, 3.8) is 0 Å². The number of aryl methyl sites for hydroxylation is 1. The molecule has 1 fully saturated rings. The molecule has 18 heavy (non-hydrogen) atoms. The number of hydrogen-bond acceptors (Lipinski definition) is 3. The zero-order valence-electron chi connectivity index (χ0n) is 11.1. The molecule has 1 aliphatic rings. The number of nitrogens with one attached hydrogen (secondary N) is 2. The number of nitrogens with two attached hydrogens (primary N) is 1. The Hall–Kier alpha value is -1.52. The number of carbonyl (C=O) groups is 1. The quantitative estimate of drug-likeness (QED) is 0.767. The average molecular weight is 250 g/mol. The van der Waals surface area contributed by atoms with Crippen molar-refractivity contribution in [2.24, 2.45) is 5.92 Å². The van der Waals surface area contributed by atoms with Gasteiger partial charge in [0.1, 0.15) is 5.56 Å². The molecule has 2 rings (SSSR count). The maximum atomic E-state index is 12.2. The lowest BCUT2D eigenvalue weighted by molar-refractivity contribution is 0.0919. The van der Waals surface area contributed by atoms with Gasteiger partial charge in [0, 0.05) is 11.7 Å². The molecule has 0 bridgehead atoms. The Morgan fingerprint density at radius 3 is 2.94 bits per heavy atom. The third-order valence-electron chi connectivity index (χ3n) is 3.90. The van der Waals surface area contributed by atoms with E-state index in [2.05, 4.69) is 22.4 Å². The van der Waals surface area contributed by atoms with Crippen molar-refractivity contribution in [2.75, 3.05) is 5.73 Å². The van der Waals surface area contributed by atoms with Gasteiger partial charge in [-0.05, 0) is 25.7 Å². The summed E-state index contributed by atoms with van der Waals surface area (Å²) in [4.78, 5) is 12.2. The molecule has 0 radical (unpaired) electrons. The van der Waals surface area contributed by atoms with Crippen LogP contribution in [0.4, 0.5) is 5.82 Å². The SMILES string of the molecule is CCC1CCCC(NC(=O)c2c(N)n[nH]c2C)C1. The molecule has 5 nitrogen and oxygen atoms in total. The van der Waals surface area contributed by atoms with Gasteiger partial charge in [0.15, 0.2) is 5.82 Å². The maximum Gasteiger partial charge on any atom is 0.257 e. The molecule has 1 amide bonds. The Kier molecular flexibility index (Phi) is 3.89. The summed E-state index contributed by atoms with van der Waals surface area (Å²) in [6.07, 6.45) is 5.83. The molecule has 1 saturated carbocycles. The van der Waals surface area contributed by atoms with Gasteiger partial charge in [-0.15, -0.1) is 0 Å². The number of carbonyl (C=O) groups excluding carboxylic acids is 1. The van der Waals surface area contributed by atoms with Crippen LogP contribution in [0.1, 0.15) is 55.1 Å². The first-order valence-corrected chi connectivity index (χ1v) is 6.73. The second-order valence-electron chi connectivity index (χ2n) is 5.22. The first kappa shape index (κ1) is 12.9. The van der Waals surface area contributed by atoms with Crippen LogP contribution >= 0.6 is 0 Å². The van der Waals surface area contributed by atoms with E-state index in [1.54, 1.807) is 0 Å². The predicted octanol–water partition coefficient (Wildman–Crippen LogP) is 2.00. The Balaban J connectivity index is 1.99. The molecule has 100 valence electrons. The highest BCUT2D eigenvalue weighted by Gasteiger charge is 2.24. The van der Waals surface area contributed by atoms with Crippen molar-refractivity contribution in [2.45, 2.75) is 52.0 Å². The molecule has 1 aromatic heterocycles. The molecule has 1 aliphatic carbocycles. The molecule has 4 N–H and O–H groups in total. The molecule has 0 aromatic carbocycles. The van der Waals surface area contributed by atoms with Gasteiger partial charge in [0.25, 0.3) is 5.91 Å². The zero-order valence-corrected chi connectivity index (χ0v) is 11.1. The summed E-state index contributed by atoms with van der Waals surface area (Å²) < 4.78 is 0. The van der Waals surface area contributed by atoms with Gasteiger partial charge in [0.2, 0.25) is 0 Å². The number of anilines is 1. The number of hydrogen-bond donors (Lipinski definition) is 3. The van der Waals surface area contributed by atoms with Crippen LogP contribution in [0.2, 0.25) is 0 Å². The van der Waals surface area contributed by atoms with Crippen LogP contribution in [0, 0.1) is 12.8 Å². The summed E-state index contributed by atoms with van der Waals surface area (Å²) in [5.41, 5.74) is 6.92. The summed E-state index contributed by atoms with van der Waals surface area (Å²) in [5.74, 6) is 0.931. The number of rotatable bonds is 3. The van der Waals surface area contributed by atoms with Crippen LogP contribution in [0.5, 0.6) is 0 Å². The van der Waals surface area contributed by atoms with Gasteiger partial charge in [-0.2, -0.15) is 5.10 Å². The minimum atomic E-state index is -0.0968. The van der Waals surface area contributed by atoms with Gasteiger partial charge >= 0.3 is 0 Å². The lowest BCUT2D eigenvalue weighted by Gasteiger charge is -2.29. The predicted molar refractivity (Wildman–Crippen MR) is 71.2 cm³/mol. The summed E-state index contributed by atoms with van der Waals surface area (Å²) in [7, 11) is 0. The summed E-state index contributed by atoms with van der Waals surface area (Å²) in [6.45, 7) is 4.03. The summed E-state index contributed by atoms with van der Waals surface area (Å²) >= 11 is 0. The third-order valence-corrected chi connectivity index (χ3v) is 3.90. The topological polar surface area (TPSA) is 83.8 Å². The van der Waals surface area contributed by atoms with E-state index in [1.165, 1.54) is 19.3 Å². The van der Waals surface area contributed by atoms with Crippen LogP contribution in [-0.2, 0) is 0 Å². The van der Waals surface area contributed by atoms with E-state index in [9.17, 15) is 4.79 Å². The lowest BCUT2D eigenvalue weighted by atomic mass is 9.84. The second kappa shape index (κ2) is 5.42. The first-order chi connectivity index (χ1) is 8.61. The number of aromatic nitrogens is 2. The van der Waals surface area contributed by atoms with Gasteiger partial charge in [-0.3, -0.25) is 9.89 Å². The second-order valence-corrected chi connectivity index (χ2v) is 5.22. The van der Waals surface area contributed by atoms with Gasteiger partial charge in [-0.1, -0.05) is 26.2 Å². The maximum absolute atomic E-state index is 12.2. The molecule has 1 heterocycles. The molecule has 2 atom stereocenters. The van der Waals surface area contributed by atoms with E-state index < -0.39 is 0 Å². The van der Waals surface area contributed by atoms with E-state index in [1.807, 2.05) is 6.92 Å². The monoisotopic (exact) mass is 250 g/mol. The Bertz CT molecular complexity index is 407. The van der Waals surface area contributed by atoms with Crippen LogP contribution < -0.4 is 11.1 Å².